The topological polar surface area (TPSA) is 66.4 Å². The number of thioether (sulfide) groups is 1. The second-order valence-corrected chi connectivity index (χ2v) is 6.86. The molecule has 1 amide bonds. The van der Waals surface area contributed by atoms with E-state index < -0.39 is 12.0 Å². The quantitative estimate of drug-likeness (QED) is 0.644. The van der Waals surface area contributed by atoms with Crippen LogP contribution in [0.2, 0.25) is 0 Å². The number of amides is 1. The van der Waals surface area contributed by atoms with Crippen LogP contribution < -0.4 is 5.32 Å². The van der Waals surface area contributed by atoms with Gasteiger partial charge in [0.25, 0.3) is 5.91 Å². The van der Waals surface area contributed by atoms with Gasteiger partial charge in [0.2, 0.25) is 0 Å². The Morgan fingerprint density at radius 3 is 2.79 bits per heavy atom. The summed E-state index contributed by atoms with van der Waals surface area (Å²) < 4.78 is 1.57. The molecule has 104 valence electrons. The molecule has 1 aromatic carbocycles. The zero-order valence-corrected chi connectivity index (χ0v) is 14.7. The molecule has 0 bridgehead atoms. The van der Waals surface area contributed by atoms with Crippen LogP contribution in [0.4, 0.5) is 0 Å². The van der Waals surface area contributed by atoms with Crippen molar-refractivity contribution in [2.24, 2.45) is 0 Å². The van der Waals surface area contributed by atoms with E-state index in [-0.39, 0.29) is 5.91 Å². The van der Waals surface area contributed by atoms with Crippen LogP contribution in [0.5, 0.6) is 0 Å². The molecule has 0 fully saturated rings. The number of halogens is 2. The van der Waals surface area contributed by atoms with E-state index in [0.717, 1.165) is 3.57 Å². The van der Waals surface area contributed by atoms with Crippen molar-refractivity contribution in [2.75, 3.05) is 12.0 Å². The van der Waals surface area contributed by atoms with Crippen LogP contribution >= 0.6 is 50.3 Å². The van der Waals surface area contributed by atoms with E-state index in [4.69, 9.17) is 5.11 Å². The number of aliphatic carboxylic acids is 1. The van der Waals surface area contributed by atoms with Gasteiger partial charge in [-0.05, 0) is 75.1 Å². The van der Waals surface area contributed by atoms with Crippen molar-refractivity contribution in [3.8, 4) is 0 Å². The Kier molecular flexibility index (Phi) is 7.16. The van der Waals surface area contributed by atoms with Gasteiger partial charge in [-0.3, -0.25) is 4.79 Å². The second-order valence-electron chi connectivity index (χ2n) is 3.77. The molecule has 0 unspecified atom stereocenters. The lowest BCUT2D eigenvalue weighted by Crippen LogP contribution is -2.41. The number of carboxylic acids is 1. The highest BCUT2D eigenvalue weighted by atomic mass is 127. The number of nitrogens with one attached hydrogen (secondary N) is 1. The van der Waals surface area contributed by atoms with Gasteiger partial charge in [-0.25, -0.2) is 4.79 Å². The van der Waals surface area contributed by atoms with Crippen LogP contribution in [0.15, 0.2) is 22.7 Å². The smallest absolute Gasteiger partial charge is 0.326 e. The average Bonchev–Trinajstić information content (AvgIpc) is 2.36. The van der Waals surface area contributed by atoms with Crippen molar-refractivity contribution in [1.82, 2.24) is 5.32 Å². The van der Waals surface area contributed by atoms with Gasteiger partial charge < -0.3 is 10.4 Å². The third-order valence-electron chi connectivity index (χ3n) is 2.39. The van der Waals surface area contributed by atoms with Crippen LogP contribution in [0.1, 0.15) is 16.8 Å². The first-order valence-electron chi connectivity index (χ1n) is 5.43. The summed E-state index contributed by atoms with van der Waals surface area (Å²) in [6.45, 7) is 0. The zero-order chi connectivity index (χ0) is 14.4. The average molecular weight is 458 g/mol. The Morgan fingerprint density at radius 1 is 1.53 bits per heavy atom. The largest absolute Gasteiger partial charge is 0.480 e. The van der Waals surface area contributed by atoms with E-state index in [0.29, 0.717) is 22.2 Å². The van der Waals surface area contributed by atoms with Crippen LogP contribution in [-0.4, -0.2) is 35.0 Å². The maximum atomic E-state index is 12.1. The van der Waals surface area contributed by atoms with Crippen LogP contribution in [0.25, 0.3) is 0 Å². The standard InChI is InChI=1S/C12H13BrINO3S/c1-19-5-4-10(12(17)18)15-11(16)8-6-7(14)2-3-9(8)13/h2-3,6,10H,4-5H2,1H3,(H,15,16)(H,17,18)/t10-/m1/s1. The molecule has 0 saturated carbocycles. The van der Waals surface area contributed by atoms with Gasteiger partial charge in [-0.15, -0.1) is 0 Å². The minimum Gasteiger partial charge on any atom is -0.480 e. The van der Waals surface area contributed by atoms with Crippen LogP contribution in [-0.2, 0) is 4.79 Å². The fourth-order valence-corrected chi connectivity index (χ4v) is 2.79. The molecule has 1 rings (SSSR count). The highest BCUT2D eigenvalue weighted by Crippen LogP contribution is 2.19. The lowest BCUT2D eigenvalue weighted by Gasteiger charge is -2.14. The summed E-state index contributed by atoms with van der Waals surface area (Å²) in [5.74, 6) is -0.701. The molecule has 0 aliphatic carbocycles. The molecule has 7 heteroatoms. The predicted octanol–water partition coefficient (Wildman–Crippen LogP) is 2.99. The number of benzene rings is 1. The Labute approximate surface area is 138 Å². The maximum Gasteiger partial charge on any atom is 0.326 e. The van der Waals surface area contributed by atoms with Crippen molar-refractivity contribution in [1.29, 1.82) is 0 Å². The Morgan fingerprint density at radius 2 is 2.21 bits per heavy atom. The highest BCUT2D eigenvalue weighted by Gasteiger charge is 2.21. The van der Waals surface area contributed by atoms with E-state index in [9.17, 15) is 9.59 Å². The van der Waals surface area contributed by atoms with Gasteiger partial charge in [0.1, 0.15) is 6.04 Å². The predicted molar refractivity (Wildman–Crippen MR) is 88.7 cm³/mol. The third-order valence-corrected chi connectivity index (χ3v) is 4.39. The minimum atomic E-state index is -1.01. The summed E-state index contributed by atoms with van der Waals surface area (Å²) in [5.41, 5.74) is 0.447. The van der Waals surface area contributed by atoms with E-state index in [2.05, 4.69) is 43.8 Å². The first kappa shape index (κ1) is 16.8. The highest BCUT2D eigenvalue weighted by molar-refractivity contribution is 14.1. The molecule has 1 aromatic rings. The normalized spacial score (nSPS) is 11.9. The Hall–Kier alpha value is -0.280. The summed E-state index contributed by atoms with van der Waals surface area (Å²) in [5, 5.41) is 11.6. The molecular formula is C12H13BrINO3S. The summed E-state index contributed by atoms with van der Waals surface area (Å²) in [7, 11) is 0. The molecule has 0 aliphatic rings. The van der Waals surface area contributed by atoms with Crippen molar-refractivity contribution in [2.45, 2.75) is 12.5 Å². The SMILES string of the molecule is CSCC[C@@H](NC(=O)c1cc(I)ccc1Br)C(=O)O. The van der Waals surface area contributed by atoms with Gasteiger partial charge in [-0.2, -0.15) is 11.8 Å². The summed E-state index contributed by atoms with van der Waals surface area (Å²) >= 11 is 6.95. The lowest BCUT2D eigenvalue weighted by atomic mass is 10.1. The Bertz CT molecular complexity index is 484. The van der Waals surface area contributed by atoms with Crippen molar-refractivity contribution < 1.29 is 14.7 Å². The molecular weight excluding hydrogens is 445 g/mol. The monoisotopic (exact) mass is 457 g/mol. The fourth-order valence-electron chi connectivity index (χ4n) is 1.40. The summed E-state index contributed by atoms with van der Waals surface area (Å²) in [6.07, 6.45) is 2.31. The van der Waals surface area contributed by atoms with Crippen molar-refractivity contribution in [3.63, 3.8) is 0 Å². The number of hydrogen-bond acceptors (Lipinski definition) is 3. The molecule has 1 atom stereocenters. The van der Waals surface area contributed by atoms with Crippen molar-refractivity contribution >= 4 is 62.2 Å². The summed E-state index contributed by atoms with van der Waals surface area (Å²) in [4.78, 5) is 23.2. The van der Waals surface area contributed by atoms with Gasteiger partial charge in [0.05, 0.1) is 5.56 Å². The maximum absolute atomic E-state index is 12.1. The number of carbonyl (C=O) groups is 2. The fraction of sp³-hybridized carbons (Fsp3) is 0.333. The molecule has 0 aliphatic heterocycles. The lowest BCUT2D eigenvalue weighted by molar-refractivity contribution is -0.139. The molecule has 19 heavy (non-hydrogen) atoms. The molecule has 0 aromatic heterocycles. The molecule has 0 heterocycles. The molecule has 0 spiro atoms. The van der Waals surface area contributed by atoms with Gasteiger partial charge in [0, 0.05) is 8.04 Å². The third kappa shape index (κ3) is 5.31. The van der Waals surface area contributed by atoms with E-state index in [1.54, 1.807) is 23.9 Å². The van der Waals surface area contributed by atoms with E-state index in [1.807, 2.05) is 12.3 Å². The minimum absolute atomic E-state index is 0.376. The molecule has 4 nitrogen and oxygen atoms in total. The number of carbonyl (C=O) groups excluding carboxylic acids is 1. The first-order valence-corrected chi connectivity index (χ1v) is 8.70. The zero-order valence-electron chi connectivity index (χ0n) is 10.2. The van der Waals surface area contributed by atoms with Crippen molar-refractivity contribution in [3.05, 3.63) is 31.8 Å². The second kappa shape index (κ2) is 8.11. The van der Waals surface area contributed by atoms with Gasteiger partial charge in [0.15, 0.2) is 0 Å². The summed E-state index contributed by atoms with van der Waals surface area (Å²) in [6, 6.07) is 4.50. The van der Waals surface area contributed by atoms with Crippen LogP contribution in [0, 0.1) is 3.57 Å². The number of carboxylic acid groups (broad SMARTS) is 1. The first-order chi connectivity index (χ1) is 8.95. The van der Waals surface area contributed by atoms with Crippen LogP contribution in [0.3, 0.4) is 0 Å². The van der Waals surface area contributed by atoms with E-state index in [1.165, 1.54) is 0 Å². The van der Waals surface area contributed by atoms with Gasteiger partial charge >= 0.3 is 5.97 Å². The Balaban J connectivity index is 2.81. The van der Waals surface area contributed by atoms with Gasteiger partial charge in [-0.1, -0.05) is 0 Å². The molecule has 0 saturated heterocycles. The number of rotatable bonds is 6. The number of hydrogen-bond donors (Lipinski definition) is 2. The molecule has 0 radical (unpaired) electrons. The van der Waals surface area contributed by atoms with E-state index >= 15 is 0 Å². The molecule has 2 N–H and O–H groups in total.